The minimum absolute atomic E-state index is 0.393. The van der Waals surface area contributed by atoms with E-state index in [9.17, 15) is 0 Å². The molecule has 0 aliphatic heterocycles. The number of hydrogen-bond acceptors (Lipinski definition) is 2. The molecule has 2 heteroatoms. The van der Waals surface area contributed by atoms with Gasteiger partial charge in [0.15, 0.2) is 0 Å². The fourth-order valence-corrected chi connectivity index (χ4v) is 2.61. The third-order valence-corrected chi connectivity index (χ3v) is 4.09. The summed E-state index contributed by atoms with van der Waals surface area (Å²) in [5.41, 5.74) is 6.30. The molecule has 0 aromatic heterocycles. The average Bonchev–Trinajstić information content (AvgIpc) is 2.22. The van der Waals surface area contributed by atoms with Gasteiger partial charge in [-0.05, 0) is 33.2 Å². The molecule has 2 nitrogen and oxygen atoms in total. The van der Waals surface area contributed by atoms with Crippen LogP contribution < -0.4 is 5.73 Å². The lowest BCUT2D eigenvalue weighted by atomic mass is 9.91. The van der Waals surface area contributed by atoms with Crippen molar-refractivity contribution >= 4 is 0 Å². The minimum atomic E-state index is 0.393. The first kappa shape index (κ1) is 13.0. The van der Waals surface area contributed by atoms with Crippen LogP contribution in [0.1, 0.15) is 58.8 Å². The molecule has 0 bridgehead atoms. The first-order valence-electron chi connectivity index (χ1n) is 6.64. The summed E-state index contributed by atoms with van der Waals surface area (Å²) in [5.74, 6) is 0. The molecule has 3 unspecified atom stereocenters. The quantitative estimate of drug-likeness (QED) is 0.779. The Morgan fingerprint density at radius 1 is 1.20 bits per heavy atom. The zero-order valence-corrected chi connectivity index (χ0v) is 10.7. The van der Waals surface area contributed by atoms with Crippen molar-refractivity contribution in [2.45, 2.75) is 76.9 Å². The third kappa shape index (κ3) is 3.76. The zero-order valence-electron chi connectivity index (χ0n) is 10.7. The van der Waals surface area contributed by atoms with Gasteiger partial charge in [-0.1, -0.05) is 32.6 Å². The van der Waals surface area contributed by atoms with Crippen LogP contribution in [0.15, 0.2) is 0 Å². The molecule has 3 atom stereocenters. The average molecular weight is 212 g/mol. The molecule has 0 aromatic rings. The molecule has 2 N–H and O–H groups in total. The summed E-state index contributed by atoms with van der Waals surface area (Å²) in [6.45, 7) is 4.57. The van der Waals surface area contributed by atoms with Gasteiger partial charge in [0, 0.05) is 18.1 Å². The summed E-state index contributed by atoms with van der Waals surface area (Å²) in [6.07, 6.45) is 9.20. The van der Waals surface area contributed by atoms with Crippen LogP contribution >= 0.6 is 0 Å². The first-order chi connectivity index (χ1) is 7.16. The molecule has 1 aliphatic carbocycles. The van der Waals surface area contributed by atoms with Crippen LogP contribution in [0.25, 0.3) is 0 Å². The van der Waals surface area contributed by atoms with Gasteiger partial charge in [0.1, 0.15) is 0 Å². The molecule has 0 radical (unpaired) electrons. The van der Waals surface area contributed by atoms with Crippen molar-refractivity contribution in [2.24, 2.45) is 5.73 Å². The number of nitrogens with two attached hydrogens (primary N) is 1. The fraction of sp³-hybridized carbons (Fsp3) is 1.00. The van der Waals surface area contributed by atoms with Gasteiger partial charge < -0.3 is 5.73 Å². The number of rotatable bonds is 3. The lowest BCUT2D eigenvalue weighted by Crippen LogP contribution is -2.49. The maximum Gasteiger partial charge on any atom is 0.0246 e. The van der Waals surface area contributed by atoms with Gasteiger partial charge in [-0.15, -0.1) is 0 Å². The van der Waals surface area contributed by atoms with Crippen LogP contribution in [0, 0.1) is 0 Å². The zero-order chi connectivity index (χ0) is 11.3. The molecular weight excluding hydrogens is 184 g/mol. The second kappa shape index (κ2) is 6.49. The molecule has 1 rings (SSSR count). The van der Waals surface area contributed by atoms with Crippen LogP contribution in [0.5, 0.6) is 0 Å². The van der Waals surface area contributed by atoms with Gasteiger partial charge in [0.2, 0.25) is 0 Å². The van der Waals surface area contributed by atoms with E-state index >= 15 is 0 Å². The van der Waals surface area contributed by atoms with Crippen LogP contribution in [-0.2, 0) is 0 Å². The Morgan fingerprint density at radius 2 is 1.80 bits per heavy atom. The van der Waals surface area contributed by atoms with Crippen LogP contribution in [0.3, 0.4) is 0 Å². The van der Waals surface area contributed by atoms with Crippen molar-refractivity contribution in [3.8, 4) is 0 Å². The molecule has 0 aromatic carbocycles. The van der Waals surface area contributed by atoms with Crippen molar-refractivity contribution in [2.75, 3.05) is 7.05 Å². The highest BCUT2D eigenvalue weighted by Crippen LogP contribution is 2.21. The number of likely N-dealkylation sites (N-methyl/N-ethyl adjacent to an activating group) is 1. The van der Waals surface area contributed by atoms with E-state index in [0.29, 0.717) is 18.1 Å². The summed E-state index contributed by atoms with van der Waals surface area (Å²) < 4.78 is 0. The SMILES string of the molecule is CCC(C)N(C)C1CCCCCCC1N. The van der Waals surface area contributed by atoms with Crippen LogP contribution in [-0.4, -0.2) is 30.1 Å². The second-order valence-corrected chi connectivity index (χ2v) is 5.15. The summed E-state index contributed by atoms with van der Waals surface area (Å²) in [4.78, 5) is 2.51. The Hall–Kier alpha value is -0.0800. The monoisotopic (exact) mass is 212 g/mol. The summed E-state index contributed by atoms with van der Waals surface area (Å²) in [6, 6.07) is 1.67. The molecule has 0 spiro atoms. The van der Waals surface area contributed by atoms with E-state index in [0.717, 1.165) is 0 Å². The second-order valence-electron chi connectivity index (χ2n) is 5.15. The smallest absolute Gasteiger partial charge is 0.0246 e. The van der Waals surface area contributed by atoms with Gasteiger partial charge in [-0.3, -0.25) is 4.90 Å². The van der Waals surface area contributed by atoms with E-state index in [-0.39, 0.29) is 0 Å². The van der Waals surface area contributed by atoms with Gasteiger partial charge >= 0.3 is 0 Å². The van der Waals surface area contributed by atoms with Gasteiger partial charge in [0.25, 0.3) is 0 Å². The molecule has 90 valence electrons. The highest BCUT2D eigenvalue weighted by Gasteiger charge is 2.25. The first-order valence-corrected chi connectivity index (χ1v) is 6.64. The highest BCUT2D eigenvalue weighted by molar-refractivity contribution is 4.84. The van der Waals surface area contributed by atoms with Gasteiger partial charge in [0.05, 0.1) is 0 Å². The topological polar surface area (TPSA) is 29.3 Å². The van der Waals surface area contributed by atoms with Gasteiger partial charge in [-0.25, -0.2) is 0 Å². The Kier molecular flexibility index (Phi) is 5.62. The van der Waals surface area contributed by atoms with E-state index in [1.165, 1.54) is 44.9 Å². The van der Waals surface area contributed by atoms with Gasteiger partial charge in [-0.2, -0.15) is 0 Å². The maximum atomic E-state index is 6.30. The van der Waals surface area contributed by atoms with E-state index in [1.54, 1.807) is 0 Å². The predicted octanol–water partition coefficient (Wildman–Crippen LogP) is 2.77. The number of hydrogen-bond donors (Lipinski definition) is 1. The summed E-state index contributed by atoms with van der Waals surface area (Å²) in [7, 11) is 2.25. The largest absolute Gasteiger partial charge is 0.326 e. The number of nitrogens with zero attached hydrogens (tertiary/aromatic N) is 1. The summed E-state index contributed by atoms with van der Waals surface area (Å²) in [5, 5.41) is 0. The molecule has 0 saturated heterocycles. The molecule has 0 heterocycles. The van der Waals surface area contributed by atoms with Crippen molar-refractivity contribution in [3.63, 3.8) is 0 Å². The van der Waals surface area contributed by atoms with Crippen LogP contribution in [0.4, 0.5) is 0 Å². The van der Waals surface area contributed by atoms with E-state index in [4.69, 9.17) is 5.73 Å². The molecule has 1 fully saturated rings. The Labute approximate surface area is 95.2 Å². The molecule has 1 aliphatic rings. The van der Waals surface area contributed by atoms with Crippen molar-refractivity contribution < 1.29 is 0 Å². The molecule has 0 amide bonds. The van der Waals surface area contributed by atoms with Crippen LogP contribution in [0.2, 0.25) is 0 Å². The summed E-state index contributed by atoms with van der Waals surface area (Å²) >= 11 is 0. The van der Waals surface area contributed by atoms with Crippen molar-refractivity contribution in [3.05, 3.63) is 0 Å². The van der Waals surface area contributed by atoms with Crippen molar-refractivity contribution in [1.82, 2.24) is 4.90 Å². The Morgan fingerprint density at radius 3 is 2.40 bits per heavy atom. The Balaban J connectivity index is 2.54. The third-order valence-electron chi connectivity index (χ3n) is 4.09. The fourth-order valence-electron chi connectivity index (χ4n) is 2.61. The van der Waals surface area contributed by atoms with E-state index in [2.05, 4.69) is 25.8 Å². The molecular formula is C13H28N2. The maximum absolute atomic E-state index is 6.30. The Bertz CT molecular complexity index is 170. The minimum Gasteiger partial charge on any atom is -0.326 e. The standard InChI is InChI=1S/C13H28N2/c1-4-11(2)15(3)13-10-8-6-5-7-9-12(13)14/h11-13H,4-10,14H2,1-3H3. The normalized spacial score (nSPS) is 31.0. The van der Waals surface area contributed by atoms with E-state index < -0.39 is 0 Å². The lowest BCUT2D eigenvalue weighted by molar-refractivity contribution is 0.136. The lowest BCUT2D eigenvalue weighted by Gasteiger charge is -2.37. The molecule has 15 heavy (non-hydrogen) atoms. The van der Waals surface area contributed by atoms with Crippen molar-refractivity contribution in [1.29, 1.82) is 0 Å². The predicted molar refractivity (Wildman–Crippen MR) is 67.0 cm³/mol. The van der Waals surface area contributed by atoms with E-state index in [1.807, 2.05) is 0 Å². The molecule has 1 saturated carbocycles. The highest BCUT2D eigenvalue weighted by atomic mass is 15.2.